The molecule has 0 aliphatic heterocycles. The van der Waals surface area contributed by atoms with Crippen LogP contribution in [-0.2, 0) is 14.8 Å². The Kier molecular flexibility index (Phi) is 6.26. The van der Waals surface area contributed by atoms with Gasteiger partial charge in [0, 0.05) is 22.1 Å². The summed E-state index contributed by atoms with van der Waals surface area (Å²) in [7, 11) is -1.99. The van der Waals surface area contributed by atoms with Gasteiger partial charge in [-0.25, -0.2) is 13.1 Å². The third kappa shape index (κ3) is 4.31. The molecule has 4 nitrogen and oxygen atoms in total. The predicted octanol–water partition coefficient (Wildman–Crippen LogP) is 2.91. The molecule has 0 amide bonds. The number of methoxy groups -OCH3 is 1. The maximum absolute atomic E-state index is 12.2. The summed E-state index contributed by atoms with van der Waals surface area (Å²) in [6.07, 6.45) is 0.668. The zero-order chi connectivity index (χ0) is 13.8. The molecule has 1 N–H and O–H groups in total. The fourth-order valence-corrected chi connectivity index (χ4v) is 4.46. The van der Waals surface area contributed by atoms with Crippen molar-refractivity contribution in [1.29, 1.82) is 0 Å². The smallest absolute Gasteiger partial charge is 0.242 e. The lowest BCUT2D eigenvalue weighted by Crippen LogP contribution is -2.37. The summed E-state index contributed by atoms with van der Waals surface area (Å²) in [6.45, 7) is 2.26. The number of benzene rings is 1. The van der Waals surface area contributed by atoms with Crippen LogP contribution >= 0.6 is 31.9 Å². The molecule has 0 bridgehead atoms. The second-order valence-corrected chi connectivity index (χ2v) is 7.21. The Morgan fingerprint density at radius 2 is 2.06 bits per heavy atom. The Hall–Kier alpha value is 0.0500. The summed E-state index contributed by atoms with van der Waals surface area (Å²) in [5, 5.41) is 0. The van der Waals surface area contributed by atoms with Gasteiger partial charge in [0.2, 0.25) is 10.0 Å². The minimum atomic E-state index is -3.54. The molecular formula is C11H15Br2NO3S. The summed E-state index contributed by atoms with van der Waals surface area (Å²) in [6, 6.07) is 4.72. The maximum Gasteiger partial charge on any atom is 0.242 e. The molecule has 0 heterocycles. The number of rotatable bonds is 6. The van der Waals surface area contributed by atoms with Crippen LogP contribution in [0.5, 0.6) is 0 Å². The Morgan fingerprint density at radius 3 is 2.56 bits per heavy atom. The highest BCUT2D eigenvalue weighted by atomic mass is 79.9. The van der Waals surface area contributed by atoms with E-state index in [1.54, 1.807) is 25.3 Å². The van der Waals surface area contributed by atoms with Crippen LogP contribution < -0.4 is 4.72 Å². The molecule has 18 heavy (non-hydrogen) atoms. The van der Waals surface area contributed by atoms with Gasteiger partial charge in [-0.2, -0.15) is 0 Å². The third-order valence-electron chi connectivity index (χ3n) is 2.37. The minimum absolute atomic E-state index is 0.222. The molecule has 0 saturated carbocycles. The van der Waals surface area contributed by atoms with E-state index in [4.69, 9.17) is 4.74 Å². The highest BCUT2D eigenvalue weighted by Crippen LogP contribution is 2.25. The predicted molar refractivity (Wildman–Crippen MR) is 78.1 cm³/mol. The molecule has 1 atom stereocenters. The van der Waals surface area contributed by atoms with Gasteiger partial charge in [-0.15, -0.1) is 0 Å². The van der Waals surface area contributed by atoms with Gasteiger partial charge in [0.25, 0.3) is 0 Å². The lowest BCUT2D eigenvalue weighted by Gasteiger charge is -2.16. The van der Waals surface area contributed by atoms with E-state index in [0.29, 0.717) is 17.5 Å². The van der Waals surface area contributed by atoms with Crippen LogP contribution in [0.2, 0.25) is 0 Å². The Bertz CT molecular complexity index is 505. The van der Waals surface area contributed by atoms with E-state index in [-0.39, 0.29) is 10.9 Å². The van der Waals surface area contributed by atoms with Crippen molar-refractivity contribution in [2.45, 2.75) is 24.3 Å². The van der Waals surface area contributed by atoms with E-state index in [2.05, 4.69) is 36.6 Å². The van der Waals surface area contributed by atoms with Gasteiger partial charge in [0.1, 0.15) is 0 Å². The monoisotopic (exact) mass is 399 g/mol. The first-order chi connectivity index (χ1) is 8.40. The lowest BCUT2D eigenvalue weighted by molar-refractivity contribution is 0.173. The van der Waals surface area contributed by atoms with E-state index in [0.717, 1.165) is 4.47 Å². The Balaban J connectivity index is 2.99. The topological polar surface area (TPSA) is 55.4 Å². The number of hydrogen-bond acceptors (Lipinski definition) is 3. The van der Waals surface area contributed by atoms with Crippen molar-refractivity contribution in [3.8, 4) is 0 Å². The zero-order valence-electron chi connectivity index (χ0n) is 10.1. The second kappa shape index (κ2) is 7.00. The summed E-state index contributed by atoms with van der Waals surface area (Å²) in [5.41, 5.74) is 0. The van der Waals surface area contributed by atoms with Crippen LogP contribution in [0.25, 0.3) is 0 Å². The van der Waals surface area contributed by atoms with Gasteiger partial charge in [-0.1, -0.05) is 22.9 Å². The van der Waals surface area contributed by atoms with Crippen molar-refractivity contribution < 1.29 is 13.2 Å². The highest BCUT2D eigenvalue weighted by Gasteiger charge is 2.21. The lowest BCUT2D eigenvalue weighted by atomic mass is 10.3. The van der Waals surface area contributed by atoms with Gasteiger partial charge in [-0.3, -0.25) is 0 Å². The van der Waals surface area contributed by atoms with Crippen molar-refractivity contribution >= 4 is 41.9 Å². The number of ether oxygens (including phenoxy) is 1. The van der Waals surface area contributed by atoms with Crippen molar-refractivity contribution in [3.05, 3.63) is 27.1 Å². The fraction of sp³-hybridized carbons (Fsp3) is 0.455. The molecule has 1 aromatic rings. The van der Waals surface area contributed by atoms with E-state index in [9.17, 15) is 8.42 Å². The van der Waals surface area contributed by atoms with Crippen LogP contribution in [0.3, 0.4) is 0 Å². The molecule has 7 heteroatoms. The SMILES string of the molecule is CCC(COC)NS(=O)(=O)c1ccc(Br)cc1Br. The molecule has 0 aromatic heterocycles. The van der Waals surface area contributed by atoms with Gasteiger partial charge >= 0.3 is 0 Å². The Labute approximate surface area is 124 Å². The molecule has 102 valence electrons. The van der Waals surface area contributed by atoms with E-state index in [1.165, 1.54) is 0 Å². The van der Waals surface area contributed by atoms with E-state index in [1.807, 2.05) is 6.92 Å². The van der Waals surface area contributed by atoms with Crippen LogP contribution in [0.15, 0.2) is 32.0 Å². The van der Waals surface area contributed by atoms with Crippen LogP contribution in [0, 0.1) is 0 Å². The largest absolute Gasteiger partial charge is 0.383 e. The summed E-state index contributed by atoms with van der Waals surface area (Å²) >= 11 is 6.54. The van der Waals surface area contributed by atoms with Gasteiger partial charge in [-0.05, 0) is 40.5 Å². The third-order valence-corrected chi connectivity index (χ3v) is 5.36. The van der Waals surface area contributed by atoms with Crippen LogP contribution in [0.1, 0.15) is 13.3 Å². The van der Waals surface area contributed by atoms with Gasteiger partial charge < -0.3 is 4.74 Å². The zero-order valence-corrected chi connectivity index (χ0v) is 14.1. The van der Waals surface area contributed by atoms with Crippen molar-refractivity contribution in [2.24, 2.45) is 0 Å². The van der Waals surface area contributed by atoms with Crippen molar-refractivity contribution in [3.63, 3.8) is 0 Å². The van der Waals surface area contributed by atoms with Gasteiger partial charge in [0.05, 0.1) is 11.5 Å². The summed E-state index contributed by atoms with van der Waals surface area (Å²) < 4.78 is 33.3. The first-order valence-corrected chi connectivity index (χ1v) is 8.44. The number of sulfonamides is 1. The standard InChI is InChI=1S/C11H15Br2NO3S/c1-3-9(7-17-2)14-18(15,16)11-5-4-8(12)6-10(11)13/h4-6,9,14H,3,7H2,1-2H3. The highest BCUT2D eigenvalue weighted by molar-refractivity contribution is 9.11. The van der Waals surface area contributed by atoms with Gasteiger partial charge in [0.15, 0.2) is 0 Å². The molecule has 0 saturated heterocycles. The maximum atomic E-state index is 12.2. The number of nitrogens with one attached hydrogen (secondary N) is 1. The molecule has 0 aliphatic carbocycles. The molecular weight excluding hydrogens is 386 g/mol. The first kappa shape index (κ1) is 16.1. The molecule has 1 aromatic carbocycles. The molecule has 0 radical (unpaired) electrons. The summed E-state index contributed by atoms with van der Waals surface area (Å²) in [4.78, 5) is 0.222. The average molecular weight is 401 g/mol. The number of halogens is 2. The fourth-order valence-electron chi connectivity index (χ4n) is 1.41. The quantitative estimate of drug-likeness (QED) is 0.798. The van der Waals surface area contributed by atoms with Crippen molar-refractivity contribution in [2.75, 3.05) is 13.7 Å². The second-order valence-electron chi connectivity index (χ2n) is 3.76. The molecule has 0 spiro atoms. The van der Waals surface area contributed by atoms with Crippen LogP contribution in [0.4, 0.5) is 0 Å². The Morgan fingerprint density at radius 1 is 1.39 bits per heavy atom. The number of hydrogen-bond donors (Lipinski definition) is 1. The van der Waals surface area contributed by atoms with E-state index >= 15 is 0 Å². The van der Waals surface area contributed by atoms with E-state index < -0.39 is 10.0 Å². The normalized spacial score (nSPS) is 13.6. The summed E-state index contributed by atoms with van der Waals surface area (Å²) in [5.74, 6) is 0. The molecule has 0 aliphatic rings. The van der Waals surface area contributed by atoms with Crippen molar-refractivity contribution in [1.82, 2.24) is 4.72 Å². The molecule has 1 unspecified atom stereocenters. The molecule has 0 fully saturated rings. The molecule has 1 rings (SSSR count). The average Bonchev–Trinajstić information content (AvgIpc) is 2.27. The minimum Gasteiger partial charge on any atom is -0.383 e. The first-order valence-electron chi connectivity index (χ1n) is 5.37. The van der Waals surface area contributed by atoms with Crippen LogP contribution in [-0.4, -0.2) is 28.2 Å².